The molecule has 1 aromatic carbocycles. The van der Waals surface area contributed by atoms with Gasteiger partial charge in [-0.3, -0.25) is 4.79 Å². The number of nitrogens with zero attached hydrogens (tertiary/aromatic N) is 1. The maximum atomic E-state index is 13.3. The summed E-state index contributed by atoms with van der Waals surface area (Å²) < 4.78 is 30.4. The van der Waals surface area contributed by atoms with Gasteiger partial charge < -0.3 is 19.1 Å². The van der Waals surface area contributed by atoms with Crippen LogP contribution < -0.4 is 0 Å². The number of hydrogen-bond acceptors (Lipinski definition) is 5. The summed E-state index contributed by atoms with van der Waals surface area (Å²) in [5.74, 6) is -0.870. The normalized spacial score (nSPS) is 21.0. The van der Waals surface area contributed by atoms with Crippen LogP contribution in [0, 0.1) is 11.7 Å². The van der Waals surface area contributed by atoms with Gasteiger partial charge >= 0.3 is 5.97 Å². The number of carbonyl (C=O) groups is 1. The molecule has 0 spiro atoms. The van der Waals surface area contributed by atoms with E-state index in [2.05, 4.69) is 4.90 Å². The van der Waals surface area contributed by atoms with Crippen molar-refractivity contribution in [1.29, 1.82) is 0 Å². The third kappa shape index (κ3) is 4.42. The Bertz CT molecular complexity index is 578. The Balaban J connectivity index is 1.54. The molecule has 2 saturated heterocycles. The van der Waals surface area contributed by atoms with Gasteiger partial charge in [0.05, 0.1) is 19.8 Å². The fraction of sp³-hybridized carbons (Fsp3) is 0.650. The van der Waals surface area contributed by atoms with Crippen LogP contribution in [-0.2, 0) is 24.8 Å². The molecule has 2 aliphatic heterocycles. The van der Waals surface area contributed by atoms with Crippen LogP contribution in [0.3, 0.4) is 0 Å². The van der Waals surface area contributed by atoms with Crippen LogP contribution >= 0.6 is 0 Å². The zero-order valence-electron chi connectivity index (χ0n) is 15.4. The van der Waals surface area contributed by atoms with E-state index < -0.39 is 5.79 Å². The number of rotatable bonds is 7. The van der Waals surface area contributed by atoms with Crippen molar-refractivity contribution in [1.82, 2.24) is 4.90 Å². The lowest BCUT2D eigenvalue weighted by atomic mass is 9.84. The van der Waals surface area contributed by atoms with Crippen molar-refractivity contribution < 1.29 is 23.4 Å². The molecule has 6 heteroatoms. The summed E-state index contributed by atoms with van der Waals surface area (Å²) in [6.45, 7) is 6.19. The van der Waals surface area contributed by atoms with Crippen molar-refractivity contribution in [3.63, 3.8) is 0 Å². The van der Waals surface area contributed by atoms with E-state index in [1.54, 1.807) is 12.1 Å². The topological polar surface area (TPSA) is 48.0 Å². The van der Waals surface area contributed by atoms with E-state index in [1.807, 2.05) is 6.92 Å². The number of piperidine rings is 1. The Labute approximate surface area is 154 Å². The molecular weight excluding hydrogens is 337 g/mol. The lowest BCUT2D eigenvalue weighted by Crippen LogP contribution is -2.44. The van der Waals surface area contributed by atoms with Crippen LogP contribution in [0.5, 0.6) is 0 Å². The molecule has 0 amide bonds. The van der Waals surface area contributed by atoms with Gasteiger partial charge in [-0.15, -0.1) is 0 Å². The molecule has 26 heavy (non-hydrogen) atoms. The predicted octanol–water partition coefficient (Wildman–Crippen LogP) is 3.08. The molecule has 0 aromatic heterocycles. The molecule has 2 fully saturated rings. The quantitative estimate of drug-likeness (QED) is 0.695. The van der Waals surface area contributed by atoms with Crippen molar-refractivity contribution in [2.45, 2.75) is 38.4 Å². The van der Waals surface area contributed by atoms with Crippen molar-refractivity contribution in [2.24, 2.45) is 5.92 Å². The first-order chi connectivity index (χ1) is 12.6. The van der Waals surface area contributed by atoms with Crippen LogP contribution in [0.25, 0.3) is 0 Å². The van der Waals surface area contributed by atoms with E-state index >= 15 is 0 Å². The molecule has 0 N–H and O–H groups in total. The number of esters is 1. The SMILES string of the molecule is CCOC(=O)CCCN1CCC(C2(c3ccc(F)cc3)OCCO2)CC1. The maximum absolute atomic E-state index is 13.3. The second kappa shape index (κ2) is 8.93. The fourth-order valence-electron chi connectivity index (χ4n) is 3.97. The van der Waals surface area contributed by atoms with Gasteiger partial charge in [-0.05, 0) is 58.0 Å². The number of ether oxygens (including phenoxy) is 3. The third-order valence-electron chi connectivity index (χ3n) is 5.25. The first-order valence-electron chi connectivity index (χ1n) is 9.56. The molecule has 0 unspecified atom stereocenters. The van der Waals surface area contributed by atoms with Gasteiger partial charge in [-0.1, -0.05) is 12.1 Å². The molecule has 2 aliphatic rings. The summed E-state index contributed by atoms with van der Waals surface area (Å²) >= 11 is 0. The Morgan fingerprint density at radius 3 is 2.50 bits per heavy atom. The molecule has 0 radical (unpaired) electrons. The summed E-state index contributed by atoms with van der Waals surface area (Å²) in [5.41, 5.74) is 0.900. The lowest BCUT2D eigenvalue weighted by molar-refractivity contribution is -0.214. The predicted molar refractivity (Wildman–Crippen MR) is 95.0 cm³/mol. The minimum atomic E-state index is -0.745. The van der Waals surface area contributed by atoms with Crippen molar-refractivity contribution in [3.8, 4) is 0 Å². The van der Waals surface area contributed by atoms with Crippen molar-refractivity contribution >= 4 is 5.97 Å². The number of hydrogen-bond donors (Lipinski definition) is 0. The molecular formula is C20H28FNO4. The average Bonchev–Trinajstić information content (AvgIpc) is 3.14. The van der Waals surface area contributed by atoms with Gasteiger partial charge in [-0.2, -0.15) is 0 Å². The highest BCUT2D eigenvalue weighted by Crippen LogP contribution is 2.43. The van der Waals surface area contributed by atoms with Crippen molar-refractivity contribution in [2.75, 3.05) is 39.5 Å². The van der Waals surface area contributed by atoms with Crippen molar-refractivity contribution in [3.05, 3.63) is 35.6 Å². The second-order valence-electron chi connectivity index (χ2n) is 6.90. The second-order valence-corrected chi connectivity index (χ2v) is 6.90. The summed E-state index contributed by atoms with van der Waals surface area (Å²) in [6.07, 6.45) is 3.20. The van der Waals surface area contributed by atoms with E-state index in [0.717, 1.165) is 44.5 Å². The molecule has 0 bridgehead atoms. The minimum absolute atomic E-state index is 0.120. The van der Waals surface area contributed by atoms with Gasteiger partial charge in [0.2, 0.25) is 0 Å². The van der Waals surface area contributed by atoms with Crippen LogP contribution in [-0.4, -0.2) is 50.3 Å². The van der Waals surface area contributed by atoms with E-state index in [0.29, 0.717) is 26.2 Å². The zero-order valence-corrected chi connectivity index (χ0v) is 15.4. The standard InChI is InChI=1S/C20H28FNO4/c1-2-24-19(23)4-3-11-22-12-9-17(10-13-22)20(25-14-15-26-20)16-5-7-18(21)8-6-16/h5-8,17H,2-4,9-15H2,1H3. The van der Waals surface area contributed by atoms with Gasteiger partial charge in [0.15, 0.2) is 5.79 Å². The van der Waals surface area contributed by atoms with Gasteiger partial charge in [0, 0.05) is 17.9 Å². The number of carbonyl (C=O) groups excluding carboxylic acids is 1. The fourth-order valence-corrected chi connectivity index (χ4v) is 3.97. The molecule has 5 nitrogen and oxygen atoms in total. The largest absolute Gasteiger partial charge is 0.466 e. The molecule has 0 atom stereocenters. The Kier molecular flexibility index (Phi) is 6.62. The van der Waals surface area contributed by atoms with Crippen LogP contribution in [0.2, 0.25) is 0 Å². The zero-order chi connectivity index (χ0) is 18.4. The van der Waals surface area contributed by atoms with Crippen LogP contribution in [0.1, 0.15) is 38.2 Å². The van der Waals surface area contributed by atoms with E-state index in [1.165, 1.54) is 12.1 Å². The Morgan fingerprint density at radius 2 is 1.88 bits per heavy atom. The van der Waals surface area contributed by atoms with E-state index in [9.17, 15) is 9.18 Å². The Morgan fingerprint density at radius 1 is 1.23 bits per heavy atom. The molecule has 0 aliphatic carbocycles. The maximum Gasteiger partial charge on any atom is 0.305 e. The first kappa shape index (κ1) is 19.3. The third-order valence-corrected chi connectivity index (χ3v) is 5.25. The molecule has 3 rings (SSSR count). The molecule has 0 saturated carbocycles. The smallest absolute Gasteiger partial charge is 0.305 e. The number of likely N-dealkylation sites (tertiary alicyclic amines) is 1. The summed E-state index contributed by atoms with van der Waals surface area (Å²) in [5, 5.41) is 0. The number of benzene rings is 1. The molecule has 1 aromatic rings. The average molecular weight is 365 g/mol. The molecule has 144 valence electrons. The highest BCUT2D eigenvalue weighted by Gasteiger charge is 2.46. The van der Waals surface area contributed by atoms with Gasteiger partial charge in [-0.25, -0.2) is 4.39 Å². The van der Waals surface area contributed by atoms with Gasteiger partial charge in [0.1, 0.15) is 5.82 Å². The first-order valence-corrected chi connectivity index (χ1v) is 9.56. The van der Waals surface area contributed by atoms with E-state index in [-0.39, 0.29) is 17.7 Å². The minimum Gasteiger partial charge on any atom is -0.466 e. The molecule has 2 heterocycles. The highest BCUT2D eigenvalue weighted by atomic mass is 19.1. The summed E-state index contributed by atoms with van der Waals surface area (Å²) in [4.78, 5) is 13.8. The lowest BCUT2D eigenvalue weighted by Gasteiger charge is -2.41. The van der Waals surface area contributed by atoms with Gasteiger partial charge in [0.25, 0.3) is 0 Å². The summed E-state index contributed by atoms with van der Waals surface area (Å²) in [6, 6.07) is 6.47. The monoisotopic (exact) mass is 365 g/mol. The van der Waals surface area contributed by atoms with Crippen LogP contribution in [0.15, 0.2) is 24.3 Å². The highest BCUT2D eigenvalue weighted by molar-refractivity contribution is 5.69. The number of halogens is 1. The van der Waals surface area contributed by atoms with Crippen LogP contribution in [0.4, 0.5) is 4.39 Å². The Hall–Kier alpha value is -1.50. The van der Waals surface area contributed by atoms with E-state index in [4.69, 9.17) is 14.2 Å². The summed E-state index contributed by atoms with van der Waals surface area (Å²) in [7, 11) is 0.